The van der Waals surface area contributed by atoms with Crippen LogP contribution in [0.1, 0.15) is 45.6 Å². The van der Waals surface area contributed by atoms with Crippen LogP contribution in [0.5, 0.6) is 11.5 Å². The number of rotatable bonds is 9. The van der Waals surface area contributed by atoms with Crippen molar-refractivity contribution in [3.05, 3.63) is 29.8 Å². The number of benzene rings is 1. The highest BCUT2D eigenvalue weighted by Gasteiger charge is 2.06. The summed E-state index contributed by atoms with van der Waals surface area (Å²) in [5.41, 5.74) is 0.900. The Bertz CT molecular complexity index is 495. The van der Waals surface area contributed by atoms with Crippen LogP contribution in [-0.2, 0) is 4.79 Å². The van der Waals surface area contributed by atoms with Crippen molar-refractivity contribution in [1.29, 1.82) is 0 Å². The second kappa shape index (κ2) is 9.87. The molecule has 0 spiro atoms. The van der Waals surface area contributed by atoms with Crippen LogP contribution in [0.3, 0.4) is 0 Å². The predicted molar refractivity (Wildman–Crippen MR) is 90.3 cm³/mol. The predicted octanol–water partition coefficient (Wildman–Crippen LogP) is 3.80. The van der Waals surface area contributed by atoms with Gasteiger partial charge in [-0.15, -0.1) is 0 Å². The van der Waals surface area contributed by atoms with E-state index >= 15 is 0 Å². The van der Waals surface area contributed by atoms with Crippen LogP contribution in [-0.4, -0.2) is 25.7 Å². The zero-order valence-corrected chi connectivity index (χ0v) is 14.0. The first-order valence-electron chi connectivity index (χ1n) is 7.87. The van der Waals surface area contributed by atoms with E-state index in [4.69, 9.17) is 9.47 Å². The highest BCUT2D eigenvalue weighted by molar-refractivity contribution is 5.91. The highest BCUT2D eigenvalue weighted by atomic mass is 16.5. The molecule has 4 nitrogen and oxygen atoms in total. The Hall–Kier alpha value is -1.97. The van der Waals surface area contributed by atoms with Crippen molar-refractivity contribution in [3.8, 4) is 11.5 Å². The van der Waals surface area contributed by atoms with Crippen LogP contribution >= 0.6 is 0 Å². The van der Waals surface area contributed by atoms with Crippen molar-refractivity contribution in [1.82, 2.24) is 5.32 Å². The molecular weight excluding hydrogens is 278 g/mol. The van der Waals surface area contributed by atoms with Crippen LogP contribution in [0.4, 0.5) is 0 Å². The highest BCUT2D eigenvalue weighted by Crippen LogP contribution is 2.29. The van der Waals surface area contributed by atoms with Crippen LogP contribution in [0.2, 0.25) is 0 Å². The number of carbonyl (C=O) groups excluding carboxylic acids is 1. The molecule has 0 heterocycles. The summed E-state index contributed by atoms with van der Waals surface area (Å²) in [6, 6.07) is 5.62. The van der Waals surface area contributed by atoms with Crippen molar-refractivity contribution >= 4 is 12.0 Å². The summed E-state index contributed by atoms with van der Waals surface area (Å²) in [7, 11) is 1.61. The van der Waals surface area contributed by atoms with Crippen molar-refractivity contribution in [2.24, 2.45) is 0 Å². The van der Waals surface area contributed by atoms with E-state index < -0.39 is 0 Å². The molecule has 0 bridgehead atoms. The maximum Gasteiger partial charge on any atom is 0.243 e. The quantitative estimate of drug-likeness (QED) is 0.557. The zero-order chi connectivity index (χ0) is 16.4. The summed E-state index contributed by atoms with van der Waals surface area (Å²) in [4.78, 5) is 11.7. The van der Waals surface area contributed by atoms with Crippen molar-refractivity contribution in [3.63, 3.8) is 0 Å². The lowest BCUT2D eigenvalue weighted by Gasteiger charge is -2.13. The minimum atomic E-state index is -0.0717. The van der Waals surface area contributed by atoms with Crippen LogP contribution in [0.15, 0.2) is 24.3 Å². The number of unbranched alkanes of at least 4 members (excludes halogenated alkanes) is 2. The van der Waals surface area contributed by atoms with Gasteiger partial charge in [0.25, 0.3) is 0 Å². The summed E-state index contributed by atoms with van der Waals surface area (Å²) >= 11 is 0. The monoisotopic (exact) mass is 305 g/mol. The normalized spacial score (nSPS) is 11.0. The number of nitrogens with one attached hydrogen (secondary N) is 1. The van der Waals surface area contributed by atoms with E-state index in [9.17, 15) is 4.79 Å². The van der Waals surface area contributed by atoms with Crippen LogP contribution < -0.4 is 14.8 Å². The van der Waals surface area contributed by atoms with Crippen LogP contribution in [0.25, 0.3) is 6.08 Å². The maximum atomic E-state index is 11.7. The van der Waals surface area contributed by atoms with Gasteiger partial charge >= 0.3 is 0 Å². The molecule has 0 fully saturated rings. The lowest BCUT2D eigenvalue weighted by molar-refractivity contribution is -0.116. The molecule has 4 heteroatoms. The molecule has 122 valence electrons. The molecule has 0 unspecified atom stereocenters. The Kier molecular flexibility index (Phi) is 8.11. The summed E-state index contributed by atoms with van der Waals surface area (Å²) in [5, 5.41) is 2.87. The van der Waals surface area contributed by atoms with E-state index in [2.05, 4.69) is 12.2 Å². The lowest BCUT2D eigenvalue weighted by atomic mass is 10.2. The SMILES string of the molecule is CCCCCNC(=O)C=Cc1ccc(OC(C)C)c(OC)c1. The van der Waals surface area contributed by atoms with Crippen LogP contribution in [0, 0.1) is 0 Å². The molecule has 1 aromatic carbocycles. The summed E-state index contributed by atoms with van der Waals surface area (Å²) < 4.78 is 11.0. The Morgan fingerprint density at radius 2 is 2.05 bits per heavy atom. The average molecular weight is 305 g/mol. The standard InChI is InChI=1S/C18H27NO3/c1-5-6-7-12-19-18(20)11-9-15-8-10-16(22-14(2)3)17(13-15)21-4/h8-11,13-14H,5-7,12H2,1-4H3,(H,19,20). The van der Waals surface area contributed by atoms with E-state index in [-0.39, 0.29) is 12.0 Å². The third kappa shape index (κ3) is 6.66. The zero-order valence-electron chi connectivity index (χ0n) is 14.0. The largest absolute Gasteiger partial charge is 0.493 e. The summed E-state index contributed by atoms with van der Waals surface area (Å²) in [6.07, 6.45) is 6.71. The number of carbonyl (C=O) groups is 1. The topological polar surface area (TPSA) is 47.6 Å². The second-order valence-corrected chi connectivity index (χ2v) is 5.41. The third-order valence-corrected chi connectivity index (χ3v) is 3.06. The smallest absolute Gasteiger partial charge is 0.243 e. The van der Waals surface area contributed by atoms with Gasteiger partial charge in [-0.05, 0) is 44.0 Å². The van der Waals surface area contributed by atoms with Gasteiger partial charge in [-0.2, -0.15) is 0 Å². The second-order valence-electron chi connectivity index (χ2n) is 5.41. The van der Waals surface area contributed by atoms with Gasteiger partial charge in [-0.25, -0.2) is 0 Å². The number of hydrogen-bond donors (Lipinski definition) is 1. The van der Waals surface area contributed by atoms with Gasteiger partial charge < -0.3 is 14.8 Å². The molecule has 0 aliphatic carbocycles. The molecule has 1 amide bonds. The fourth-order valence-corrected chi connectivity index (χ4v) is 1.96. The number of amides is 1. The first kappa shape index (κ1) is 18.1. The van der Waals surface area contributed by atoms with Gasteiger partial charge in [0.2, 0.25) is 5.91 Å². The number of ether oxygens (including phenoxy) is 2. The Balaban J connectivity index is 2.61. The molecule has 22 heavy (non-hydrogen) atoms. The molecule has 0 aromatic heterocycles. The van der Waals surface area contributed by atoms with E-state index in [0.717, 1.165) is 31.4 Å². The van der Waals surface area contributed by atoms with Crippen molar-refractivity contribution < 1.29 is 14.3 Å². The first-order chi connectivity index (χ1) is 10.6. The average Bonchev–Trinajstić information content (AvgIpc) is 2.50. The fraction of sp³-hybridized carbons (Fsp3) is 0.500. The van der Waals surface area contributed by atoms with Crippen molar-refractivity contribution in [2.75, 3.05) is 13.7 Å². The minimum Gasteiger partial charge on any atom is -0.493 e. The van der Waals surface area contributed by atoms with Crippen molar-refractivity contribution in [2.45, 2.75) is 46.1 Å². The molecular formula is C18H27NO3. The Labute approximate surface area is 133 Å². The molecule has 0 aliphatic rings. The third-order valence-electron chi connectivity index (χ3n) is 3.06. The van der Waals surface area contributed by atoms with Gasteiger partial charge in [0.15, 0.2) is 11.5 Å². The van der Waals surface area contributed by atoms with Gasteiger partial charge in [0.1, 0.15) is 0 Å². The Morgan fingerprint density at radius 3 is 2.68 bits per heavy atom. The summed E-state index contributed by atoms with van der Waals surface area (Å²) in [6.45, 7) is 6.80. The van der Waals surface area contributed by atoms with Gasteiger partial charge in [0, 0.05) is 12.6 Å². The summed E-state index contributed by atoms with van der Waals surface area (Å²) in [5.74, 6) is 1.30. The number of hydrogen-bond acceptors (Lipinski definition) is 3. The lowest BCUT2D eigenvalue weighted by Crippen LogP contribution is -2.21. The van der Waals surface area contributed by atoms with Gasteiger partial charge in [-0.1, -0.05) is 25.8 Å². The van der Waals surface area contributed by atoms with E-state index in [0.29, 0.717) is 11.5 Å². The minimum absolute atomic E-state index is 0.0717. The molecule has 1 rings (SSSR count). The molecule has 0 saturated carbocycles. The number of methoxy groups -OCH3 is 1. The van der Waals surface area contributed by atoms with E-state index in [1.165, 1.54) is 0 Å². The van der Waals surface area contributed by atoms with E-state index in [1.807, 2.05) is 32.0 Å². The molecule has 0 aliphatic heterocycles. The van der Waals surface area contributed by atoms with Gasteiger partial charge in [-0.3, -0.25) is 4.79 Å². The molecule has 1 aromatic rings. The molecule has 0 atom stereocenters. The Morgan fingerprint density at radius 1 is 1.27 bits per heavy atom. The molecule has 1 N–H and O–H groups in total. The van der Waals surface area contributed by atoms with E-state index in [1.54, 1.807) is 19.3 Å². The molecule has 0 radical (unpaired) electrons. The van der Waals surface area contributed by atoms with Gasteiger partial charge in [0.05, 0.1) is 13.2 Å². The first-order valence-corrected chi connectivity index (χ1v) is 7.87. The maximum absolute atomic E-state index is 11.7. The fourth-order valence-electron chi connectivity index (χ4n) is 1.96. The molecule has 0 saturated heterocycles.